The first-order valence-corrected chi connectivity index (χ1v) is 4.46. The van der Waals surface area contributed by atoms with E-state index in [1.807, 2.05) is 0 Å². The summed E-state index contributed by atoms with van der Waals surface area (Å²) in [6, 6.07) is 7.85. The van der Waals surface area contributed by atoms with Crippen LogP contribution >= 0.6 is 0 Å². The largest absolute Gasteiger partial charge is 0.298 e. The number of nitrogens with zero attached hydrogens (tertiary/aromatic N) is 1. The molecule has 0 unspecified atom stereocenters. The molecule has 0 aliphatic rings. The van der Waals surface area contributed by atoms with Crippen LogP contribution in [0, 0.1) is 5.82 Å². The number of carbonyl (C=O) groups is 1. The predicted octanol–water partition coefficient (Wildman–Crippen LogP) is 2.70. The van der Waals surface area contributed by atoms with Crippen LogP contribution in [-0.2, 0) is 0 Å². The van der Waals surface area contributed by atoms with Crippen LogP contribution in [0.3, 0.4) is 0 Å². The van der Waals surface area contributed by atoms with Gasteiger partial charge >= 0.3 is 0 Å². The highest BCUT2D eigenvalue weighted by atomic mass is 19.1. The summed E-state index contributed by atoms with van der Waals surface area (Å²) in [5, 5.41) is 0. The van der Waals surface area contributed by atoms with Crippen molar-refractivity contribution in [2.24, 2.45) is 0 Å². The number of pyridine rings is 1. The number of halogens is 1. The second-order valence-corrected chi connectivity index (χ2v) is 3.14. The molecule has 2 nitrogen and oxygen atoms in total. The third kappa shape index (κ3) is 2.07. The summed E-state index contributed by atoms with van der Waals surface area (Å²) < 4.78 is 12.9. The van der Waals surface area contributed by atoms with E-state index in [1.54, 1.807) is 24.4 Å². The third-order valence-corrected chi connectivity index (χ3v) is 2.05. The zero-order chi connectivity index (χ0) is 10.7. The lowest BCUT2D eigenvalue weighted by molar-refractivity contribution is 0.112. The molecule has 0 N–H and O–H groups in total. The van der Waals surface area contributed by atoms with E-state index >= 15 is 0 Å². The van der Waals surface area contributed by atoms with Crippen molar-refractivity contribution in [2.75, 3.05) is 0 Å². The van der Waals surface area contributed by atoms with Crippen LogP contribution < -0.4 is 0 Å². The highest BCUT2D eigenvalue weighted by molar-refractivity contribution is 5.77. The molecular weight excluding hydrogens is 193 g/mol. The standard InChI is InChI=1S/C12H8FNO/c13-12-3-1-2-10(5-12)11-4-9(8-15)6-14-7-11/h1-8H. The Morgan fingerprint density at radius 3 is 2.73 bits per heavy atom. The van der Waals surface area contributed by atoms with Crippen molar-refractivity contribution in [1.82, 2.24) is 4.98 Å². The van der Waals surface area contributed by atoms with E-state index < -0.39 is 0 Å². The van der Waals surface area contributed by atoms with Gasteiger partial charge in [-0.25, -0.2) is 4.39 Å². The van der Waals surface area contributed by atoms with Crippen molar-refractivity contribution in [3.05, 3.63) is 54.1 Å². The first kappa shape index (κ1) is 9.52. The molecule has 3 heteroatoms. The van der Waals surface area contributed by atoms with Gasteiger partial charge in [0, 0.05) is 23.5 Å². The van der Waals surface area contributed by atoms with Gasteiger partial charge < -0.3 is 0 Å². The summed E-state index contributed by atoms with van der Waals surface area (Å²) in [6.07, 6.45) is 3.79. The van der Waals surface area contributed by atoms with E-state index in [2.05, 4.69) is 4.98 Å². The normalized spacial score (nSPS) is 9.93. The van der Waals surface area contributed by atoms with Gasteiger partial charge in [-0.1, -0.05) is 12.1 Å². The Labute approximate surface area is 86.4 Å². The second kappa shape index (κ2) is 4.00. The molecule has 0 aliphatic carbocycles. The molecule has 0 amide bonds. The zero-order valence-electron chi connectivity index (χ0n) is 7.85. The molecule has 0 spiro atoms. The summed E-state index contributed by atoms with van der Waals surface area (Å²) in [7, 11) is 0. The van der Waals surface area contributed by atoms with Crippen LogP contribution in [0.25, 0.3) is 11.1 Å². The highest BCUT2D eigenvalue weighted by Crippen LogP contribution is 2.19. The average Bonchev–Trinajstić information content (AvgIpc) is 2.29. The molecule has 2 aromatic rings. The Balaban J connectivity index is 2.49. The first-order chi connectivity index (χ1) is 7.29. The lowest BCUT2D eigenvalue weighted by Crippen LogP contribution is -1.86. The van der Waals surface area contributed by atoms with Crippen molar-refractivity contribution in [3.63, 3.8) is 0 Å². The maximum absolute atomic E-state index is 12.9. The maximum atomic E-state index is 12.9. The summed E-state index contributed by atoms with van der Waals surface area (Å²) in [5.74, 6) is -0.302. The Hall–Kier alpha value is -2.03. The van der Waals surface area contributed by atoms with Gasteiger partial charge in [-0.05, 0) is 23.8 Å². The molecule has 0 bridgehead atoms. The highest BCUT2D eigenvalue weighted by Gasteiger charge is 2.00. The van der Waals surface area contributed by atoms with Crippen LogP contribution in [0.1, 0.15) is 10.4 Å². The number of hydrogen-bond donors (Lipinski definition) is 0. The number of benzene rings is 1. The minimum absolute atomic E-state index is 0.302. The number of rotatable bonds is 2. The van der Waals surface area contributed by atoms with Crippen molar-refractivity contribution in [2.45, 2.75) is 0 Å². The van der Waals surface area contributed by atoms with Crippen LogP contribution in [0.15, 0.2) is 42.7 Å². The Morgan fingerprint density at radius 2 is 2.00 bits per heavy atom. The van der Waals surface area contributed by atoms with Crippen LogP contribution in [0.2, 0.25) is 0 Å². The quantitative estimate of drug-likeness (QED) is 0.699. The van der Waals surface area contributed by atoms with Crippen molar-refractivity contribution in [3.8, 4) is 11.1 Å². The molecule has 0 aliphatic heterocycles. The molecule has 15 heavy (non-hydrogen) atoms. The smallest absolute Gasteiger partial charge is 0.151 e. The SMILES string of the molecule is O=Cc1cncc(-c2cccc(F)c2)c1. The number of aldehydes is 1. The minimum atomic E-state index is -0.302. The van der Waals surface area contributed by atoms with Crippen LogP contribution in [-0.4, -0.2) is 11.3 Å². The zero-order valence-corrected chi connectivity index (χ0v) is 7.85. The fourth-order valence-electron chi connectivity index (χ4n) is 1.35. The fraction of sp³-hybridized carbons (Fsp3) is 0. The number of aromatic nitrogens is 1. The molecule has 1 aromatic carbocycles. The second-order valence-electron chi connectivity index (χ2n) is 3.14. The van der Waals surface area contributed by atoms with Gasteiger partial charge in [0.25, 0.3) is 0 Å². The van der Waals surface area contributed by atoms with Gasteiger partial charge in [-0.2, -0.15) is 0 Å². The van der Waals surface area contributed by atoms with E-state index in [-0.39, 0.29) is 5.82 Å². The Kier molecular flexibility index (Phi) is 2.54. The molecule has 0 fully saturated rings. The molecule has 0 saturated heterocycles. The minimum Gasteiger partial charge on any atom is -0.298 e. The summed E-state index contributed by atoms with van der Waals surface area (Å²) >= 11 is 0. The Morgan fingerprint density at radius 1 is 1.13 bits per heavy atom. The predicted molar refractivity (Wildman–Crippen MR) is 55.0 cm³/mol. The van der Waals surface area contributed by atoms with E-state index in [0.717, 1.165) is 11.8 Å². The monoisotopic (exact) mass is 201 g/mol. The molecule has 1 heterocycles. The van der Waals surface area contributed by atoms with Gasteiger partial charge in [0.05, 0.1) is 0 Å². The molecular formula is C12H8FNO. The van der Waals surface area contributed by atoms with E-state index in [0.29, 0.717) is 11.1 Å². The topological polar surface area (TPSA) is 30.0 Å². The molecule has 74 valence electrons. The number of hydrogen-bond acceptors (Lipinski definition) is 2. The van der Waals surface area contributed by atoms with Gasteiger partial charge in [0.1, 0.15) is 5.82 Å². The van der Waals surface area contributed by atoms with Crippen molar-refractivity contribution >= 4 is 6.29 Å². The first-order valence-electron chi connectivity index (χ1n) is 4.46. The van der Waals surface area contributed by atoms with Gasteiger partial charge in [-0.15, -0.1) is 0 Å². The van der Waals surface area contributed by atoms with Gasteiger partial charge in [0.2, 0.25) is 0 Å². The van der Waals surface area contributed by atoms with E-state index in [4.69, 9.17) is 0 Å². The van der Waals surface area contributed by atoms with E-state index in [1.165, 1.54) is 18.3 Å². The molecule has 0 atom stereocenters. The summed E-state index contributed by atoms with van der Waals surface area (Å²) in [6.45, 7) is 0. The molecule has 1 aromatic heterocycles. The van der Waals surface area contributed by atoms with Crippen LogP contribution in [0.4, 0.5) is 4.39 Å². The summed E-state index contributed by atoms with van der Waals surface area (Å²) in [5.41, 5.74) is 1.93. The molecule has 0 saturated carbocycles. The lowest BCUT2D eigenvalue weighted by atomic mass is 10.1. The van der Waals surface area contributed by atoms with Crippen LogP contribution in [0.5, 0.6) is 0 Å². The Bertz CT molecular complexity index is 496. The summed E-state index contributed by atoms with van der Waals surface area (Å²) in [4.78, 5) is 14.5. The third-order valence-electron chi connectivity index (χ3n) is 2.05. The fourth-order valence-corrected chi connectivity index (χ4v) is 1.35. The average molecular weight is 201 g/mol. The van der Waals surface area contributed by atoms with Gasteiger partial charge in [0.15, 0.2) is 6.29 Å². The number of carbonyl (C=O) groups excluding carboxylic acids is 1. The molecule has 2 rings (SSSR count). The lowest BCUT2D eigenvalue weighted by Gasteiger charge is -2.01. The van der Waals surface area contributed by atoms with Crippen molar-refractivity contribution < 1.29 is 9.18 Å². The van der Waals surface area contributed by atoms with Gasteiger partial charge in [-0.3, -0.25) is 9.78 Å². The van der Waals surface area contributed by atoms with Crippen molar-refractivity contribution in [1.29, 1.82) is 0 Å². The van der Waals surface area contributed by atoms with E-state index in [9.17, 15) is 9.18 Å². The maximum Gasteiger partial charge on any atom is 0.151 e. The molecule has 0 radical (unpaired) electrons.